The third-order valence-corrected chi connectivity index (χ3v) is 4.03. The van der Waals surface area contributed by atoms with Crippen LogP contribution in [0.5, 0.6) is 11.5 Å². The minimum absolute atomic E-state index is 0.256. The van der Waals surface area contributed by atoms with Crippen LogP contribution in [-0.2, 0) is 17.9 Å². The molecule has 25 heavy (non-hydrogen) atoms. The molecule has 2 aromatic carbocycles. The lowest BCUT2D eigenvalue weighted by atomic mass is 10.1. The monoisotopic (exact) mass is 342 g/mol. The van der Waals surface area contributed by atoms with Crippen LogP contribution in [0, 0.1) is 0 Å². The Hall–Kier alpha value is -2.53. The summed E-state index contributed by atoms with van der Waals surface area (Å²) in [7, 11) is 3.32. The highest BCUT2D eigenvalue weighted by Gasteiger charge is 2.09. The number of amides is 1. The Morgan fingerprint density at radius 2 is 1.32 bits per heavy atom. The minimum atomic E-state index is -0.256. The second-order valence-electron chi connectivity index (χ2n) is 5.98. The van der Waals surface area contributed by atoms with Gasteiger partial charge in [-0.05, 0) is 48.4 Å². The SMILES string of the molecule is COc1ccc(CN(CCCC(N)=O)Cc2ccc(OC)cc2)cc1. The molecule has 0 bridgehead atoms. The van der Waals surface area contributed by atoms with E-state index in [9.17, 15) is 4.79 Å². The molecular weight excluding hydrogens is 316 g/mol. The number of hydrogen-bond acceptors (Lipinski definition) is 4. The maximum absolute atomic E-state index is 11.0. The highest BCUT2D eigenvalue weighted by atomic mass is 16.5. The van der Waals surface area contributed by atoms with Crippen molar-refractivity contribution in [2.24, 2.45) is 5.73 Å². The number of methoxy groups -OCH3 is 2. The highest BCUT2D eigenvalue weighted by Crippen LogP contribution is 2.17. The average molecular weight is 342 g/mol. The molecule has 0 saturated carbocycles. The fourth-order valence-corrected chi connectivity index (χ4v) is 2.67. The van der Waals surface area contributed by atoms with Crippen molar-refractivity contribution in [1.82, 2.24) is 4.90 Å². The van der Waals surface area contributed by atoms with Gasteiger partial charge in [-0.15, -0.1) is 0 Å². The number of rotatable bonds is 10. The van der Waals surface area contributed by atoms with Crippen LogP contribution in [0.15, 0.2) is 48.5 Å². The minimum Gasteiger partial charge on any atom is -0.497 e. The molecule has 134 valence electrons. The summed E-state index contributed by atoms with van der Waals surface area (Å²) in [5.74, 6) is 1.44. The van der Waals surface area contributed by atoms with Crippen molar-refractivity contribution in [3.63, 3.8) is 0 Å². The van der Waals surface area contributed by atoms with Crippen LogP contribution >= 0.6 is 0 Å². The van der Waals surface area contributed by atoms with Gasteiger partial charge in [0.1, 0.15) is 11.5 Å². The number of carbonyl (C=O) groups excluding carboxylic acids is 1. The first kappa shape index (κ1) is 18.8. The summed E-state index contributed by atoms with van der Waals surface area (Å²) in [6, 6.07) is 16.1. The summed E-state index contributed by atoms with van der Waals surface area (Å²) in [6.45, 7) is 2.41. The third-order valence-electron chi connectivity index (χ3n) is 4.03. The summed E-state index contributed by atoms with van der Waals surface area (Å²) in [4.78, 5) is 13.3. The van der Waals surface area contributed by atoms with Crippen LogP contribution in [0.2, 0.25) is 0 Å². The second-order valence-corrected chi connectivity index (χ2v) is 5.98. The second kappa shape index (κ2) is 9.69. The molecule has 0 aliphatic heterocycles. The molecule has 0 spiro atoms. The van der Waals surface area contributed by atoms with E-state index in [0.717, 1.165) is 37.6 Å². The van der Waals surface area contributed by atoms with E-state index in [1.54, 1.807) is 14.2 Å². The lowest BCUT2D eigenvalue weighted by Crippen LogP contribution is -2.25. The van der Waals surface area contributed by atoms with Gasteiger partial charge in [-0.3, -0.25) is 9.69 Å². The first-order chi connectivity index (χ1) is 12.1. The molecule has 2 N–H and O–H groups in total. The lowest BCUT2D eigenvalue weighted by Gasteiger charge is -2.22. The normalized spacial score (nSPS) is 10.7. The predicted molar refractivity (Wildman–Crippen MR) is 98.5 cm³/mol. The zero-order chi connectivity index (χ0) is 18.1. The maximum atomic E-state index is 11.0. The Labute approximate surface area is 149 Å². The largest absolute Gasteiger partial charge is 0.497 e. The number of benzene rings is 2. The van der Waals surface area contributed by atoms with Gasteiger partial charge >= 0.3 is 0 Å². The molecule has 0 fully saturated rings. The Morgan fingerprint density at radius 1 is 0.880 bits per heavy atom. The predicted octanol–water partition coefficient (Wildman–Crippen LogP) is 2.97. The summed E-state index contributed by atoms with van der Waals surface area (Å²) >= 11 is 0. The molecule has 0 atom stereocenters. The zero-order valence-corrected chi connectivity index (χ0v) is 14.9. The van der Waals surface area contributed by atoms with E-state index >= 15 is 0 Å². The summed E-state index contributed by atoms with van der Waals surface area (Å²) < 4.78 is 10.4. The van der Waals surface area contributed by atoms with Crippen molar-refractivity contribution >= 4 is 5.91 Å². The molecule has 0 aliphatic carbocycles. The highest BCUT2D eigenvalue weighted by molar-refractivity contribution is 5.73. The average Bonchev–Trinajstić information content (AvgIpc) is 2.62. The number of hydrogen-bond donors (Lipinski definition) is 1. The van der Waals surface area contributed by atoms with E-state index < -0.39 is 0 Å². The Kier molecular flexibility index (Phi) is 7.29. The van der Waals surface area contributed by atoms with E-state index in [1.165, 1.54) is 11.1 Å². The van der Waals surface area contributed by atoms with Crippen LogP contribution in [0.25, 0.3) is 0 Å². The molecule has 1 amide bonds. The molecule has 0 saturated heterocycles. The summed E-state index contributed by atoms with van der Waals surface area (Å²) in [5, 5.41) is 0. The molecule has 0 unspecified atom stereocenters. The first-order valence-electron chi connectivity index (χ1n) is 8.37. The van der Waals surface area contributed by atoms with Gasteiger partial charge < -0.3 is 15.2 Å². The van der Waals surface area contributed by atoms with Crippen molar-refractivity contribution in [3.05, 3.63) is 59.7 Å². The fourth-order valence-electron chi connectivity index (χ4n) is 2.67. The van der Waals surface area contributed by atoms with Crippen molar-refractivity contribution in [2.45, 2.75) is 25.9 Å². The van der Waals surface area contributed by atoms with E-state index in [4.69, 9.17) is 15.2 Å². The number of carbonyl (C=O) groups is 1. The van der Waals surface area contributed by atoms with E-state index in [1.807, 2.05) is 24.3 Å². The van der Waals surface area contributed by atoms with Gasteiger partial charge in [0.15, 0.2) is 0 Å². The molecular formula is C20H26N2O3. The van der Waals surface area contributed by atoms with Gasteiger partial charge in [0.05, 0.1) is 14.2 Å². The van der Waals surface area contributed by atoms with Gasteiger partial charge in [0.2, 0.25) is 5.91 Å². The molecule has 0 radical (unpaired) electrons. The number of primary amides is 1. The smallest absolute Gasteiger partial charge is 0.217 e. The molecule has 5 heteroatoms. The molecule has 0 aliphatic rings. The third kappa shape index (κ3) is 6.47. The Bertz CT molecular complexity index is 604. The summed E-state index contributed by atoms with van der Waals surface area (Å²) in [5.41, 5.74) is 7.67. The number of nitrogens with zero attached hydrogens (tertiary/aromatic N) is 1. The molecule has 2 rings (SSSR count). The number of ether oxygens (including phenoxy) is 2. The van der Waals surface area contributed by atoms with Crippen LogP contribution in [0.4, 0.5) is 0 Å². The van der Waals surface area contributed by atoms with Crippen molar-refractivity contribution in [1.29, 1.82) is 0 Å². The van der Waals surface area contributed by atoms with Crippen molar-refractivity contribution in [3.8, 4) is 11.5 Å². The molecule has 0 heterocycles. The molecule has 2 aromatic rings. The van der Waals surface area contributed by atoms with Gasteiger partial charge in [0, 0.05) is 19.5 Å². The van der Waals surface area contributed by atoms with Crippen LogP contribution in [0.1, 0.15) is 24.0 Å². The van der Waals surface area contributed by atoms with Crippen molar-refractivity contribution < 1.29 is 14.3 Å². The van der Waals surface area contributed by atoms with E-state index in [0.29, 0.717) is 6.42 Å². The topological polar surface area (TPSA) is 64.8 Å². The van der Waals surface area contributed by atoms with E-state index in [-0.39, 0.29) is 5.91 Å². The molecule has 5 nitrogen and oxygen atoms in total. The molecule has 0 aromatic heterocycles. The van der Waals surface area contributed by atoms with Gasteiger partial charge in [-0.25, -0.2) is 0 Å². The Morgan fingerprint density at radius 3 is 1.68 bits per heavy atom. The fraction of sp³-hybridized carbons (Fsp3) is 0.350. The Balaban J connectivity index is 2.03. The van der Waals surface area contributed by atoms with Gasteiger partial charge in [-0.1, -0.05) is 24.3 Å². The van der Waals surface area contributed by atoms with Crippen LogP contribution in [-0.4, -0.2) is 31.6 Å². The lowest BCUT2D eigenvalue weighted by molar-refractivity contribution is -0.118. The number of nitrogens with two attached hydrogens (primary N) is 1. The van der Waals surface area contributed by atoms with Crippen LogP contribution in [0.3, 0.4) is 0 Å². The van der Waals surface area contributed by atoms with Gasteiger partial charge in [-0.2, -0.15) is 0 Å². The van der Waals surface area contributed by atoms with Gasteiger partial charge in [0.25, 0.3) is 0 Å². The zero-order valence-electron chi connectivity index (χ0n) is 14.9. The van der Waals surface area contributed by atoms with Crippen molar-refractivity contribution in [2.75, 3.05) is 20.8 Å². The quantitative estimate of drug-likeness (QED) is 0.721. The van der Waals surface area contributed by atoms with Crippen LogP contribution < -0.4 is 15.2 Å². The standard InChI is InChI=1S/C20H26N2O3/c1-24-18-9-5-16(6-10-18)14-22(13-3-4-20(21)23)15-17-7-11-19(25-2)12-8-17/h5-12H,3-4,13-15H2,1-2H3,(H2,21,23). The summed E-state index contributed by atoms with van der Waals surface area (Å²) in [6.07, 6.45) is 1.16. The van der Waals surface area contributed by atoms with E-state index in [2.05, 4.69) is 29.2 Å². The maximum Gasteiger partial charge on any atom is 0.217 e. The first-order valence-corrected chi connectivity index (χ1v) is 8.37.